The number of benzene rings is 3. The van der Waals surface area contributed by atoms with Crippen molar-refractivity contribution >= 4 is 16.6 Å². The lowest BCUT2D eigenvalue weighted by Gasteiger charge is -2.20. The summed E-state index contributed by atoms with van der Waals surface area (Å²) in [5, 5.41) is 14.5. The fourth-order valence-electron chi connectivity index (χ4n) is 3.81. The molecule has 1 atom stereocenters. The van der Waals surface area contributed by atoms with Crippen LogP contribution in [0, 0.1) is 0 Å². The molecule has 0 amide bonds. The number of fused-ring (bicyclic) bond motifs is 2. The Balaban J connectivity index is 1.40. The van der Waals surface area contributed by atoms with Crippen molar-refractivity contribution in [2.24, 2.45) is 0 Å². The fraction of sp³-hybridized carbons (Fsp3) is 0.200. The molecular formula is C25H23N3O4. The van der Waals surface area contributed by atoms with Gasteiger partial charge in [-0.1, -0.05) is 42.5 Å². The van der Waals surface area contributed by atoms with Gasteiger partial charge < -0.3 is 19.9 Å². The molecule has 0 spiro atoms. The monoisotopic (exact) mass is 429 g/mol. The molecule has 0 saturated heterocycles. The first-order chi connectivity index (χ1) is 15.7. The van der Waals surface area contributed by atoms with Crippen LogP contribution in [-0.2, 0) is 6.54 Å². The average Bonchev–Trinajstić information content (AvgIpc) is 2.85. The summed E-state index contributed by atoms with van der Waals surface area (Å²) in [5.74, 6) is 1.92. The highest BCUT2D eigenvalue weighted by Crippen LogP contribution is 2.32. The van der Waals surface area contributed by atoms with Crippen molar-refractivity contribution in [2.75, 3.05) is 25.1 Å². The highest BCUT2D eigenvalue weighted by Gasteiger charge is 2.17. The normalized spacial score (nSPS) is 13.7. The van der Waals surface area contributed by atoms with E-state index in [1.165, 1.54) is 0 Å². The number of ether oxygens (including phenoxy) is 2. The molecule has 0 radical (unpaired) electrons. The molecule has 7 heteroatoms. The maximum atomic E-state index is 13.3. The molecule has 2 N–H and O–H groups in total. The predicted octanol–water partition coefficient (Wildman–Crippen LogP) is 3.31. The maximum Gasteiger partial charge on any atom is 0.261 e. The van der Waals surface area contributed by atoms with E-state index in [4.69, 9.17) is 14.5 Å². The van der Waals surface area contributed by atoms with Gasteiger partial charge in [-0.15, -0.1) is 0 Å². The molecule has 0 saturated carbocycles. The van der Waals surface area contributed by atoms with Crippen LogP contribution in [0.1, 0.15) is 0 Å². The number of rotatable bonds is 6. The predicted molar refractivity (Wildman–Crippen MR) is 123 cm³/mol. The molecule has 1 aliphatic rings. The second kappa shape index (κ2) is 8.72. The molecule has 0 fully saturated rings. The molecule has 2 heterocycles. The van der Waals surface area contributed by atoms with Gasteiger partial charge in [0, 0.05) is 23.9 Å². The number of aromatic nitrogens is 2. The van der Waals surface area contributed by atoms with E-state index in [1.54, 1.807) is 10.6 Å². The Morgan fingerprint density at radius 2 is 1.72 bits per heavy atom. The molecule has 0 aliphatic carbocycles. The number of para-hydroxylation sites is 1. The van der Waals surface area contributed by atoms with Crippen LogP contribution in [0.2, 0.25) is 0 Å². The van der Waals surface area contributed by atoms with Crippen molar-refractivity contribution < 1.29 is 14.6 Å². The molecule has 5 rings (SSSR count). The van der Waals surface area contributed by atoms with Crippen LogP contribution < -0.4 is 20.3 Å². The quantitative estimate of drug-likeness (QED) is 0.489. The number of nitrogens with one attached hydrogen (secondary N) is 1. The standard InChI is InChI=1S/C25H23N3O4/c29-19(15-26-18-10-11-22-23(14-18)32-13-12-31-22)16-28-24(17-6-2-1-3-7-17)27-21-9-5-4-8-20(21)25(28)30/h1-11,14,19,26,29H,12-13,15-16H2. The third-order valence-electron chi connectivity index (χ3n) is 5.37. The van der Waals surface area contributed by atoms with Crippen molar-refractivity contribution in [1.82, 2.24) is 9.55 Å². The molecule has 3 aromatic carbocycles. The zero-order valence-corrected chi connectivity index (χ0v) is 17.4. The summed E-state index contributed by atoms with van der Waals surface area (Å²) in [5.41, 5.74) is 2.09. The summed E-state index contributed by atoms with van der Waals surface area (Å²) in [7, 11) is 0. The van der Waals surface area contributed by atoms with Gasteiger partial charge in [-0.05, 0) is 24.3 Å². The number of hydrogen-bond acceptors (Lipinski definition) is 6. The SMILES string of the molecule is O=c1c2ccccc2nc(-c2ccccc2)n1CC(O)CNc1ccc2c(c1)OCCO2. The lowest BCUT2D eigenvalue weighted by Crippen LogP contribution is -2.32. The smallest absolute Gasteiger partial charge is 0.261 e. The minimum Gasteiger partial charge on any atom is -0.486 e. The Morgan fingerprint density at radius 1 is 0.969 bits per heavy atom. The molecule has 162 valence electrons. The number of aliphatic hydroxyl groups excluding tert-OH is 1. The summed E-state index contributed by atoms with van der Waals surface area (Å²) >= 11 is 0. The first-order valence-electron chi connectivity index (χ1n) is 10.6. The molecule has 1 unspecified atom stereocenters. The van der Waals surface area contributed by atoms with Gasteiger partial charge in [0.05, 0.1) is 23.6 Å². The van der Waals surface area contributed by atoms with Gasteiger partial charge in [-0.3, -0.25) is 9.36 Å². The highest BCUT2D eigenvalue weighted by molar-refractivity contribution is 5.79. The number of nitrogens with zero attached hydrogens (tertiary/aromatic N) is 2. The van der Waals surface area contributed by atoms with E-state index in [0.717, 1.165) is 11.3 Å². The zero-order valence-electron chi connectivity index (χ0n) is 17.4. The minimum atomic E-state index is -0.814. The lowest BCUT2D eigenvalue weighted by molar-refractivity contribution is 0.165. The Labute approximate surface area is 184 Å². The molecule has 7 nitrogen and oxygen atoms in total. The first-order valence-corrected chi connectivity index (χ1v) is 10.6. The summed E-state index contributed by atoms with van der Waals surface area (Å²) in [6.45, 7) is 1.42. The first kappa shape index (κ1) is 20.1. The Hall–Kier alpha value is -3.84. The van der Waals surface area contributed by atoms with Gasteiger partial charge in [0.15, 0.2) is 11.5 Å². The highest BCUT2D eigenvalue weighted by atomic mass is 16.6. The van der Waals surface area contributed by atoms with E-state index in [9.17, 15) is 9.90 Å². The van der Waals surface area contributed by atoms with E-state index in [2.05, 4.69) is 5.32 Å². The second-order valence-corrected chi connectivity index (χ2v) is 7.63. The van der Waals surface area contributed by atoms with Gasteiger partial charge in [0.2, 0.25) is 0 Å². The van der Waals surface area contributed by atoms with E-state index in [0.29, 0.717) is 41.4 Å². The van der Waals surface area contributed by atoms with Gasteiger partial charge in [-0.25, -0.2) is 4.98 Å². The lowest BCUT2D eigenvalue weighted by atomic mass is 10.1. The van der Waals surface area contributed by atoms with Gasteiger partial charge in [0.25, 0.3) is 5.56 Å². The Kier molecular flexibility index (Phi) is 5.47. The largest absolute Gasteiger partial charge is 0.486 e. The van der Waals surface area contributed by atoms with Crippen LogP contribution in [0.15, 0.2) is 77.6 Å². The summed E-state index contributed by atoms with van der Waals surface area (Å²) in [6.07, 6.45) is -0.814. The number of anilines is 1. The van der Waals surface area contributed by atoms with Crippen molar-refractivity contribution in [3.63, 3.8) is 0 Å². The van der Waals surface area contributed by atoms with E-state index >= 15 is 0 Å². The molecular weight excluding hydrogens is 406 g/mol. The summed E-state index contributed by atoms with van der Waals surface area (Å²) in [4.78, 5) is 18.0. The van der Waals surface area contributed by atoms with Crippen LogP contribution in [-0.4, -0.2) is 40.5 Å². The topological polar surface area (TPSA) is 85.6 Å². The van der Waals surface area contributed by atoms with E-state index in [-0.39, 0.29) is 18.6 Å². The number of hydrogen-bond donors (Lipinski definition) is 2. The molecule has 1 aromatic heterocycles. The Bertz CT molecular complexity index is 1300. The minimum absolute atomic E-state index is 0.110. The third kappa shape index (κ3) is 4.02. The summed E-state index contributed by atoms with van der Waals surface area (Å²) < 4.78 is 12.7. The van der Waals surface area contributed by atoms with Crippen molar-refractivity contribution in [1.29, 1.82) is 0 Å². The van der Waals surface area contributed by atoms with Crippen molar-refractivity contribution in [2.45, 2.75) is 12.6 Å². The molecule has 1 aliphatic heterocycles. The second-order valence-electron chi connectivity index (χ2n) is 7.63. The molecule has 0 bridgehead atoms. The number of aliphatic hydroxyl groups is 1. The molecule has 32 heavy (non-hydrogen) atoms. The van der Waals surface area contributed by atoms with Gasteiger partial charge >= 0.3 is 0 Å². The fourth-order valence-corrected chi connectivity index (χ4v) is 3.81. The van der Waals surface area contributed by atoms with Crippen LogP contribution in [0.5, 0.6) is 11.5 Å². The molecule has 4 aromatic rings. The Morgan fingerprint density at radius 3 is 2.56 bits per heavy atom. The van der Waals surface area contributed by atoms with Gasteiger partial charge in [0.1, 0.15) is 19.0 Å². The average molecular weight is 429 g/mol. The third-order valence-corrected chi connectivity index (χ3v) is 5.37. The zero-order chi connectivity index (χ0) is 21.9. The summed E-state index contributed by atoms with van der Waals surface area (Å²) in [6, 6.07) is 22.4. The van der Waals surface area contributed by atoms with Crippen molar-refractivity contribution in [3.8, 4) is 22.9 Å². The van der Waals surface area contributed by atoms with E-state index in [1.807, 2.05) is 66.7 Å². The van der Waals surface area contributed by atoms with Crippen LogP contribution in [0.25, 0.3) is 22.3 Å². The van der Waals surface area contributed by atoms with E-state index < -0.39 is 6.10 Å². The van der Waals surface area contributed by atoms with Crippen LogP contribution >= 0.6 is 0 Å². The van der Waals surface area contributed by atoms with Crippen LogP contribution in [0.3, 0.4) is 0 Å². The van der Waals surface area contributed by atoms with Crippen molar-refractivity contribution in [3.05, 3.63) is 83.2 Å². The van der Waals surface area contributed by atoms with Gasteiger partial charge in [-0.2, -0.15) is 0 Å². The van der Waals surface area contributed by atoms with Crippen LogP contribution in [0.4, 0.5) is 5.69 Å². The maximum absolute atomic E-state index is 13.3.